The highest BCUT2D eigenvalue weighted by Crippen LogP contribution is 2.26. The number of hydrazone groups is 1. The van der Waals surface area contributed by atoms with Crippen LogP contribution in [0.15, 0.2) is 52.0 Å². The molecular weight excluding hydrogens is 498 g/mol. The number of morpholine rings is 1. The highest BCUT2D eigenvalue weighted by atomic mass is 79.9. The van der Waals surface area contributed by atoms with Gasteiger partial charge in [0.1, 0.15) is 5.75 Å². The number of aryl methyl sites for hydroxylation is 1. The zero-order valence-corrected chi connectivity index (χ0v) is 19.7. The van der Waals surface area contributed by atoms with Gasteiger partial charge in [0.25, 0.3) is 0 Å². The Hall–Kier alpha value is -2.95. The lowest BCUT2D eigenvalue weighted by molar-refractivity contribution is 0.122. The second-order valence-electron chi connectivity index (χ2n) is 6.92. The van der Waals surface area contributed by atoms with Gasteiger partial charge in [-0.05, 0) is 52.7 Å². The Balaban J connectivity index is 0.00000289. The van der Waals surface area contributed by atoms with Gasteiger partial charge in [0.05, 0.1) is 25.1 Å². The van der Waals surface area contributed by atoms with Gasteiger partial charge in [0.2, 0.25) is 17.8 Å². The molecule has 0 atom stereocenters. The van der Waals surface area contributed by atoms with Crippen molar-refractivity contribution in [3.8, 4) is 5.75 Å². The van der Waals surface area contributed by atoms with E-state index in [-0.39, 0.29) is 24.1 Å². The van der Waals surface area contributed by atoms with Crippen LogP contribution in [-0.2, 0) is 4.74 Å². The summed E-state index contributed by atoms with van der Waals surface area (Å²) in [6.07, 6.45) is 1.51. The summed E-state index contributed by atoms with van der Waals surface area (Å²) in [5.41, 5.74) is 5.40. The van der Waals surface area contributed by atoms with Crippen LogP contribution in [0.5, 0.6) is 5.75 Å². The van der Waals surface area contributed by atoms with Crippen molar-refractivity contribution in [2.45, 2.75) is 6.92 Å². The average Bonchev–Trinajstić information content (AvgIpc) is 2.78. The molecule has 0 saturated carbocycles. The van der Waals surface area contributed by atoms with Gasteiger partial charge in [-0.15, -0.1) is 12.4 Å². The molecule has 1 aliphatic heterocycles. The van der Waals surface area contributed by atoms with Crippen molar-refractivity contribution in [1.29, 1.82) is 0 Å². The maximum Gasteiger partial charge on any atom is 0.250 e. The van der Waals surface area contributed by atoms with E-state index < -0.39 is 0 Å². The van der Waals surface area contributed by atoms with Crippen molar-refractivity contribution in [2.75, 3.05) is 41.9 Å². The third-order valence-corrected chi connectivity index (χ3v) is 5.25. The van der Waals surface area contributed by atoms with E-state index in [0.717, 1.165) is 15.7 Å². The molecule has 0 bridgehead atoms. The molecule has 1 saturated heterocycles. The fraction of sp³-hybridized carbons (Fsp3) is 0.238. The number of hydrogen-bond donors (Lipinski definition) is 3. The van der Waals surface area contributed by atoms with E-state index in [2.05, 4.69) is 46.7 Å². The molecule has 0 spiro atoms. The van der Waals surface area contributed by atoms with E-state index in [4.69, 9.17) is 4.74 Å². The van der Waals surface area contributed by atoms with Gasteiger partial charge < -0.3 is 20.1 Å². The number of halogens is 2. The number of aromatic nitrogens is 3. The lowest BCUT2D eigenvalue weighted by atomic mass is 10.2. The number of phenols is 1. The standard InChI is InChI=1S/C21H22BrN7O2.ClH/c1-14-6-7-17(16(22)12-14)24-19-25-20(27-21(26-19)29-8-10-31-11-9-29)28-23-13-15-4-2-3-5-18(15)30;/h2-7,12-13,30H,8-11H2,1H3,(H2,24,25,26,27,28);1H. The number of rotatable bonds is 6. The monoisotopic (exact) mass is 519 g/mol. The number of phenolic OH excluding ortho intramolecular Hbond substituents is 1. The van der Waals surface area contributed by atoms with Gasteiger partial charge in [0, 0.05) is 23.1 Å². The van der Waals surface area contributed by atoms with Crippen LogP contribution in [0.1, 0.15) is 11.1 Å². The van der Waals surface area contributed by atoms with Crippen LogP contribution in [0.4, 0.5) is 23.5 Å². The van der Waals surface area contributed by atoms with E-state index in [9.17, 15) is 5.11 Å². The minimum Gasteiger partial charge on any atom is -0.507 e. The van der Waals surface area contributed by atoms with Crippen molar-refractivity contribution < 1.29 is 9.84 Å². The fourth-order valence-corrected chi connectivity index (χ4v) is 3.57. The van der Waals surface area contributed by atoms with E-state index in [1.165, 1.54) is 6.21 Å². The molecule has 3 N–H and O–H groups in total. The average molecular weight is 521 g/mol. The largest absolute Gasteiger partial charge is 0.507 e. The Morgan fingerprint density at radius 3 is 2.59 bits per heavy atom. The predicted molar refractivity (Wildman–Crippen MR) is 132 cm³/mol. The molecule has 2 heterocycles. The maximum absolute atomic E-state index is 9.88. The number of nitrogens with zero attached hydrogens (tertiary/aromatic N) is 5. The predicted octanol–water partition coefficient (Wildman–Crippen LogP) is 4.10. The number of aromatic hydroxyl groups is 1. The van der Waals surface area contributed by atoms with Gasteiger partial charge in [-0.3, -0.25) is 0 Å². The molecule has 1 aromatic heterocycles. The Bertz CT molecular complexity index is 1090. The van der Waals surface area contributed by atoms with Crippen LogP contribution in [-0.4, -0.2) is 52.6 Å². The third-order valence-electron chi connectivity index (χ3n) is 4.59. The summed E-state index contributed by atoms with van der Waals surface area (Å²) in [6, 6.07) is 12.9. The number of ether oxygens (including phenoxy) is 1. The van der Waals surface area contributed by atoms with Crippen LogP contribution in [0, 0.1) is 6.92 Å². The summed E-state index contributed by atoms with van der Waals surface area (Å²) in [5.74, 6) is 1.35. The lowest BCUT2D eigenvalue weighted by Crippen LogP contribution is -2.37. The van der Waals surface area contributed by atoms with E-state index in [0.29, 0.717) is 43.8 Å². The number of benzene rings is 2. The first kappa shape index (κ1) is 23.7. The van der Waals surface area contributed by atoms with Crippen molar-refractivity contribution in [3.05, 3.63) is 58.1 Å². The van der Waals surface area contributed by atoms with E-state index >= 15 is 0 Å². The van der Waals surface area contributed by atoms with Crippen LogP contribution < -0.4 is 15.6 Å². The van der Waals surface area contributed by atoms with Crippen LogP contribution >= 0.6 is 28.3 Å². The zero-order valence-electron chi connectivity index (χ0n) is 17.3. The molecular formula is C21H23BrClN7O2. The molecule has 11 heteroatoms. The second-order valence-corrected chi connectivity index (χ2v) is 7.77. The number of nitrogens with one attached hydrogen (secondary N) is 2. The summed E-state index contributed by atoms with van der Waals surface area (Å²) >= 11 is 3.57. The molecule has 4 rings (SSSR count). The number of hydrogen-bond acceptors (Lipinski definition) is 9. The fourth-order valence-electron chi connectivity index (χ4n) is 2.97. The Labute approximate surface area is 200 Å². The number of para-hydroxylation sites is 1. The quantitative estimate of drug-likeness (QED) is 0.329. The van der Waals surface area contributed by atoms with Crippen LogP contribution in [0.2, 0.25) is 0 Å². The van der Waals surface area contributed by atoms with E-state index in [1.807, 2.05) is 36.1 Å². The van der Waals surface area contributed by atoms with E-state index in [1.54, 1.807) is 18.2 Å². The Morgan fingerprint density at radius 2 is 1.84 bits per heavy atom. The van der Waals surface area contributed by atoms with Crippen molar-refractivity contribution >= 4 is 58.1 Å². The van der Waals surface area contributed by atoms with Crippen LogP contribution in [0.3, 0.4) is 0 Å². The molecule has 1 fully saturated rings. The molecule has 2 aromatic carbocycles. The smallest absolute Gasteiger partial charge is 0.250 e. The Morgan fingerprint density at radius 1 is 1.09 bits per heavy atom. The summed E-state index contributed by atoms with van der Waals surface area (Å²) in [7, 11) is 0. The molecule has 1 aliphatic rings. The minimum atomic E-state index is 0. The molecule has 0 amide bonds. The van der Waals surface area contributed by atoms with Gasteiger partial charge in [-0.1, -0.05) is 18.2 Å². The zero-order chi connectivity index (χ0) is 21.6. The van der Waals surface area contributed by atoms with Crippen LogP contribution in [0.25, 0.3) is 0 Å². The molecule has 0 aliphatic carbocycles. The normalized spacial score (nSPS) is 13.6. The van der Waals surface area contributed by atoms with Crippen molar-refractivity contribution in [3.63, 3.8) is 0 Å². The van der Waals surface area contributed by atoms with Gasteiger partial charge in [-0.2, -0.15) is 20.1 Å². The first-order valence-electron chi connectivity index (χ1n) is 9.77. The van der Waals surface area contributed by atoms with Gasteiger partial charge in [-0.25, -0.2) is 5.43 Å². The summed E-state index contributed by atoms with van der Waals surface area (Å²) in [6.45, 7) is 4.65. The molecule has 0 radical (unpaired) electrons. The topological polar surface area (TPSA) is 108 Å². The molecule has 0 unspecified atom stereocenters. The summed E-state index contributed by atoms with van der Waals surface area (Å²) in [5, 5.41) is 17.3. The first-order chi connectivity index (χ1) is 15.1. The third kappa shape index (κ3) is 6.06. The minimum absolute atomic E-state index is 0. The second kappa shape index (κ2) is 11.1. The molecule has 168 valence electrons. The van der Waals surface area contributed by atoms with Crippen molar-refractivity contribution in [1.82, 2.24) is 15.0 Å². The SMILES string of the molecule is Cc1ccc(Nc2nc(NN=Cc3ccccc3O)nc(N3CCOCC3)n2)c(Br)c1.Cl. The number of anilines is 4. The first-order valence-corrected chi connectivity index (χ1v) is 10.6. The maximum atomic E-state index is 9.88. The molecule has 32 heavy (non-hydrogen) atoms. The van der Waals surface area contributed by atoms with Crippen molar-refractivity contribution in [2.24, 2.45) is 5.10 Å². The molecule has 3 aromatic rings. The summed E-state index contributed by atoms with van der Waals surface area (Å²) in [4.78, 5) is 15.6. The highest BCUT2D eigenvalue weighted by Gasteiger charge is 2.17. The Kier molecular flexibility index (Phi) is 8.20. The molecule has 9 nitrogen and oxygen atoms in total. The van der Waals surface area contributed by atoms with Gasteiger partial charge >= 0.3 is 0 Å². The lowest BCUT2D eigenvalue weighted by Gasteiger charge is -2.27. The highest BCUT2D eigenvalue weighted by molar-refractivity contribution is 9.10. The summed E-state index contributed by atoms with van der Waals surface area (Å²) < 4.78 is 6.34. The van der Waals surface area contributed by atoms with Gasteiger partial charge in [0.15, 0.2) is 0 Å².